The number of urea groups is 1. The van der Waals surface area contributed by atoms with Crippen molar-refractivity contribution in [1.29, 1.82) is 0 Å². The highest BCUT2D eigenvalue weighted by atomic mass is 79.9. The minimum atomic E-state index is -0.747. The van der Waals surface area contributed by atoms with Crippen LogP contribution in [-0.4, -0.2) is 22.4 Å². The Kier molecular flexibility index (Phi) is 6.57. The van der Waals surface area contributed by atoms with E-state index in [1.165, 1.54) is 0 Å². The molecule has 1 aliphatic rings. The van der Waals surface area contributed by atoms with E-state index in [9.17, 15) is 14.4 Å². The molecule has 2 aromatic carbocycles. The lowest BCUT2D eigenvalue weighted by Crippen LogP contribution is -2.54. The molecule has 7 heteroatoms. The van der Waals surface area contributed by atoms with Gasteiger partial charge >= 0.3 is 6.03 Å². The van der Waals surface area contributed by atoms with Crippen LogP contribution in [0.4, 0.5) is 10.5 Å². The fourth-order valence-corrected chi connectivity index (χ4v) is 4.42. The summed E-state index contributed by atoms with van der Waals surface area (Å²) in [6.07, 6.45) is 2.55. The number of halogens is 1. The zero-order valence-electron chi connectivity index (χ0n) is 19.6. The number of benzene rings is 2. The van der Waals surface area contributed by atoms with Crippen molar-refractivity contribution >= 4 is 45.5 Å². The maximum atomic E-state index is 13.3. The van der Waals surface area contributed by atoms with E-state index < -0.39 is 17.8 Å². The topological polar surface area (TPSA) is 71.4 Å². The summed E-state index contributed by atoms with van der Waals surface area (Å²) in [6, 6.07) is 16.4. The van der Waals surface area contributed by atoms with Crippen molar-refractivity contribution in [2.75, 3.05) is 4.90 Å². The highest BCUT2D eigenvalue weighted by molar-refractivity contribution is 9.10. The largest absolute Gasteiger partial charge is 0.335 e. The normalized spacial score (nSPS) is 16.2. The van der Waals surface area contributed by atoms with Crippen LogP contribution in [0.2, 0.25) is 0 Å². The Morgan fingerprint density at radius 2 is 1.59 bits per heavy atom. The van der Waals surface area contributed by atoms with Crippen LogP contribution >= 0.6 is 15.9 Å². The number of imide groups is 2. The fourth-order valence-electron chi connectivity index (χ4n) is 4.16. The highest BCUT2D eigenvalue weighted by Gasteiger charge is 2.37. The third-order valence-corrected chi connectivity index (χ3v) is 6.82. The van der Waals surface area contributed by atoms with Gasteiger partial charge in [0.1, 0.15) is 5.57 Å². The number of amides is 4. The molecule has 3 aromatic rings. The van der Waals surface area contributed by atoms with E-state index in [0.29, 0.717) is 11.6 Å². The molecule has 0 spiro atoms. The third-order valence-electron chi connectivity index (χ3n) is 6.29. The summed E-state index contributed by atoms with van der Waals surface area (Å²) in [4.78, 5) is 39.5. The van der Waals surface area contributed by atoms with Crippen molar-refractivity contribution in [1.82, 2.24) is 9.88 Å². The Bertz CT molecular complexity index is 1300. The molecule has 1 aliphatic heterocycles. The second kappa shape index (κ2) is 9.43. The predicted octanol–water partition coefficient (Wildman–Crippen LogP) is 6.04. The zero-order valence-corrected chi connectivity index (χ0v) is 21.1. The molecule has 2 heterocycles. The number of barbiturate groups is 1. The van der Waals surface area contributed by atoms with Crippen LogP contribution in [0, 0.1) is 13.8 Å². The van der Waals surface area contributed by atoms with Crippen molar-refractivity contribution in [3.05, 3.63) is 87.2 Å². The Morgan fingerprint density at radius 1 is 0.971 bits per heavy atom. The number of carbonyl (C=O) groups is 3. The Balaban J connectivity index is 1.70. The monoisotopic (exact) mass is 519 g/mol. The molecule has 0 saturated carbocycles. The molecule has 34 heavy (non-hydrogen) atoms. The van der Waals surface area contributed by atoms with Gasteiger partial charge in [-0.2, -0.15) is 0 Å². The van der Waals surface area contributed by atoms with Crippen molar-refractivity contribution < 1.29 is 14.4 Å². The number of hydrogen-bond donors (Lipinski definition) is 1. The van der Waals surface area contributed by atoms with Gasteiger partial charge < -0.3 is 4.57 Å². The van der Waals surface area contributed by atoms with Crippen molar-refractivity contribution in [3.63, 3.8) is 0 Å². The first kappa shape index (κ1) is 23.7. The van der Waals surface area contributed by atoms with E-state index in [1.807, 2.05) is 56.3 Å². The number of aryl methyl sites for hydroxylation is 1. The molecule has 1 unspecified atom stereocenters. The number of rotatable bonds is 5. The van der Waals surface area contributed by atoms with E-state index in [1.54, 1.807) is 18.2 Å². The van der Waals surface area contributed by atoms with E-state index in [2.05, 4.69) is 39.7 Å². The lowest BCUT2D eigenvalue weighted by Gasteiger charge is -2.26. The van der Waals surface area contributed by atoms with Gasteiger partial charge in [-0.25, -0.2) is 9.69 Å². The summed E-state index contributed by atoms with van der Waals surface area (Å²) < 4.78 is 3.04. The average molecular weight is 520 g/mol. The summed E-state index contributed by atoms with van der Waals surface area (Å²) in [5.41, 5.74) is 5.03. The Morgan fingerprint density at radius 3 is 2.21 bits per heavy atom. The summed E-state index contributed by atoms with van der Waals surface area (Å²) >= 11 is 3.45. The molecule has 1 N–H and O–H groups in total. The number of nitrogens with one attached hydrogen (secondary N) is 1. The number of nitrogens with zero attached hydrogens (tertiary/aromatic N) is 2. The molecule has 1 fully saturated rings. The summed E-state index contributed by atoms with van der Waals surface area (Å²) in [5, 5.41) is 2.30. The van der Waals surface area contributed by atoms with E-state index in [4.69, 9.17) is 0 Å². The van der Waals surface area contributed by atoms with Gasteiger partial charge in [0.05, 0.1) is 5.69 Å². The minimum absolute atomic E-state index is 0.0818. The molecular formula is C27H26BrN3O3. The van der Waals surface area contributed by atoms with Gasteiger partial charge in [-0.05, 0) is 85.9 Å². The van der Waals surface area contributed by atoms with E-state index >= 15 is 0 Å². The molecular weight excluding hydrogens is 494 g/mol. The molecule has 1 aromatic heterocycles. The maximum Gasteiger partial charge on any atom is 0.335 e. The summed E-state index contributed by atoms with van der Waals surface area (Å²) in [7, 11) is 0. The maximum absolute atomic E-state index is 13.3. The smallest absolute Gasteiger partial charge is 0.318 e. The second-order valence-electron chi connectivity index (χ2n) is 8.50. The van der Waals surface area contributed by atoms with Crippen LogP contribution in [0.1, 0.15) is 48.7 Å². The zero-order chi connectivity index (χ0) is 24.6. The molecule has 4 amide bonds. The van der Waals surface area contributed by atoms with Crippen molar-refractivity contribution in [2.24, 2.45) is 0 Å². The number of hydrogen-bond acceptors (Lipinski definition) is 3. The van der Waals surface area contributed by atoms with Crippen LogP contribution in [0.25, 0.3) is 11.8 Å². The molecule has 0 bridgehead atoms. The molecule has 0 radical (unpaired) electrons. The lowest BCUT2D eigenvalue weighted by atomic mass is 9.98. The fraction of sp³-hybridized carbons (Fsp3) is 0.222. The summed E-state index contributed by atoms with van der Waals surface area (Å²) in [5.74, 6) is -0.965. The number of carbonyl (C=O) groups excluding carboxylic acids is 3. The van der Waals surface area contributed by atoms with Gasteiger partial charge in [-0.3, -0.25) is 14.9 Å². The first-order valence-electron chi connectivity index (χ1n) is 11.2. The van der Waals surface area contributed by atoms with Gasteiger partial charge in [0.2, 0.25) is 0 Å². The molecule has 1 saturated heterocycles. The highest BCUT2D eigenvalue weighted by Crippen LogP contribution is 2.28. The van der Waals surface area contributed by atoms with Crippen LogP contribution < -0.4 is 10.2 Å². The molecule has 4 rings (SSSR count). The van der Waals surface area contributed by atoms with Gasteiger partial charge in [0.15, 0.2) is 0 Å². The van der Waals surface area contributed by atoms with Gasteiger partial charge in [-0.1, -0.05) is 41.9 Å². The molecule has 174 valence electrons. The van der Waals surface area contributed by atoms with Gasteiger partial charge in [-0.15, -0.1) is 0 Å². The Hall–Kier alpha value is -3.45. The quantitative estimate of drug-likeness (QED) is 0.330. The first-order chi connectivity index (χ1) is 16.2. The minimum Gasteiger partial charge on any atom is -0.318 e. The first-order valence-corrected chi connectivity index (χ1v) is 12.0. The molecule has 1 atom stereocenters. The molecule has 6 nitrogen and oxygen atoms in total. The second-order valence-corrected chi connectivity index (χ2v) is 9.41. The third kappa shape index (κ3) is 4.35. The van der Waals surface area contributed by atoms with Crippen LogP contribution in [0.3, 0.4) is 0 Å². The Labute approximate surface area is 207 Å². The van der Waals surface area contributed by atoms with Gasteiger partial charge in [0.25, 0.3) is 11.8 Å². The predicted molar refractivity (Wildman–Crippen MR) is 137 cm³/mol. The van der Waals surface area contributed by atoms with E-state index in [0.717, 1.165) is 44.0 Å². The summed E-state index contributed by atoms with van der Waals surface area (Å²) in [6.45, 7) is 8.13. The van der Waals surface area contributed by atoms with Crippen LogP contribution in [0.15, 0.2) is 64.6 Å². The van der Waals surface area contributed by atoms with E-state index in [-0.39, 0.29) is 5.57 Å². The SMILES string of the molecule is CCC(C)c1ccc(N2C(=O)NC(=O)C(=Cc3cc(C)n(-c4ccc(Br)cc4)c3C)C2=O)cc1. The van der Waals surface area contributed by atoms with Crippen molar-refractivity contribution in [3.8, 4) is 5.69 Å². The standard InChI is InChI=1S/C27H26BrN3O3/c1-5-16(2)19-6-10-23(11-7-19)31-26(33)24(25(32)29-27(31)34)15-20-14-17(3)30(18(20)4)22-12-8-21(28)9-13-22/h6-16H,5H2,1-4H3,(H,29,32,34). The number of aromatic nitrogens is 1. The lowest BCUT2D eigenvalue weighted by molar-refractivity contribution is -0.122. The van der Waals surface area contributed by atoms with Crippen LogP contribution in [0.5, 0.6) is 0 Å². The van der Waals surface area contributed by atoms with Crippen LogP contribution in [-0.2, 0) is 9.59 Å². The van der Waals surface area contributed by atoms with Crippen molar-refractivity contribution in [2.45, 2.75) is 40.0 Å². The average Bonchev–Trinajstić information content (AvgIpc) is 3.09. The number of anilines is 1. The van der Waals surface area contributed by atoms with Gasteiger partial charge in [0, 0.05) is 21.5 Å². The molecule has 0 aliphatic carbocycles.